The minimum absolute atomic E-state index is 0.248. The van der Waals surface area contributed by atoms with Crippen molar-refractivity contribution in [2.75, 3.05) is 0 Å². The largest absolute Gasteiger partial charge is 0.488 e. The maximum Gasteiger partial charge on any atom is 0.163 e. The SMILES string of the molecule is O=C1CCCc2c(OCc3cccs3)cccc21. The van der Waals surface area contributed by atoms with Crippen molar-refractivity contribution >= 4 is 17.1 Å². The lowest BCUT2D eigenvalue weighted by molar-refractivity contribution is 0.0971. The van der Waals surface area contributed by atoms with Gasteiger partial charge in [0.05, 0.1) is 0 Å². The highest BCUT2D eigenvalue weighted by Gasteiger charge is 2.20. The van der Waals surface area contributed by atoms with E-state index < -0.39 is 0 Å². The fourth-order valence-corrected chi connectivity index (χ4v) is 2.94. The van der Waals surface area contributed by atoms with Crippen molar-refractivity contribution in [2.24, 2.45) is 0 Å². The second-order valence-electron chi connectivity index (χ2n) is 4.43. The number of carbonyl (C=O) groups is 1. The van der Waals surface area contributed by atoms with E-state index in [4.69, 9.17) is 4.74 Å². The number of hydrogen-bond donors (Lipinski definition) is 0. The number of fused-ring (bicyclic) bond motifs is 1. The Morgan fingerprint density at radius 3 is 2.94 bits per heavy atom. The molecule has 0 spiro atoms. The topological polar surface area (TPSA) is 26.3 Å². The zero-order chi connectivity index (χ0) is 12.4. The highest BCUT2D eigenvalue weighted by molar-refractivity contribution is 7.09. The fraction of sp³-hybridized carbons (Fsp3) is 0.267. The number of rotatable bonds is 3. The molecule has 1 aromatic carbocycles. The number of hydrogen-bond acceptors (Lipinski definition) is 3. The van der Waals surface area contributed by atoms with Gasteiger partial charge in [0.15, 0.2) is 5.78 Å². The van der Waals surface area contributed by atoms with Crippen LogP contribution in [0, 0.1) is 0 Å². The zero-order valence-electron chi connectivity index (χ0n) is 10.0. The summed E-state index contributed by atoms with van der Waals surface area (Å²) in [6.07, 6.45) is 2.55. The van der Waals surface area contributed by atoms with Gasteiger partial charge in [-0.15, -0.1) is 11.3 Å². The second-order valence-corrected chi connectivity index (χ2v) is 5.46. The van der Waals surface area contributed by atoms with Crippen molar-refractivity contribution in [1.82, 2.24) is 0 Å². The van der Waals surface area contributed by atoms with Gasteiger partial charge in [0.2, 0.25) is 0 Å². The smallest absolute Gasteiger partial charge is 0.163 e. The van der Waals surface area contributed by atoms with E-state index in [1.807, 2.05) is 29.6 Å². The van der Waals surface area contributed by atoms with Crippen LogP contribution in [0.3, 0.4) is 0 Å². The molecule has 0 fully saturated rings. The van der Waals surface area contributed by atoms with Crippen LogP contribution in [0.1, 0.15) is 33.6 Å². The molecule has 18 heavy (non-hydrogen) atoms. The first-order chi connectivity index (χ1) is 8.84. The Bertz CT molecular complexity index is 558. The van der Waals surface area contributed by atoms with Crippen LogP contribution in [0.25, 0.3) is 0 Å². The fourth-order valence-electron chi connectivity index (χ4n) is 2.32. The average Bonchev–Trinajstić information content (AvgIpc) is 2.90. The van der Waals surface area contributed by atoms with E-state index in [9.17, 15) is 4.79 Å². The molecule has 0 N–H and O–H groups in total. The Hall–Kier alpha value is -1.61. The summed E-state index contributed by atoms with van der Waals surface area (Å²) >= 11 is 1.69. The van der Waals surface area contributed by atoms with Gasteiger partial charge in [0.25, 0.3) is 0 Å². The normalized spacial score (nSPS) is 14.3. The first kappa shape index (κ1) is 11.5. The summed E-state index contributed by atoms with van der Waals surface area (Å²) in [5.74, 6) is 1.12. The van der Waals surface area contributed by atoms with Crippen LogP contribution in [-0.4, -0.2) is 5.78 Å². The van der Waals surface area contributed by atoms with E-state index in [-0.39, 0.29) is 5.78 Å². The van der Waals surface area contributed by atoms with E-state index in [1.165, 1.54) is 4.88 Å². The molecule has 0 atom stereocenters. The summed E-state index contributed by atoms with van der Waals surface area (Å²) in [6, 6.07) is 9.87. The van der Waals surface area contributed by atoms with Gasteiger partial charge in [-0.25, -0.2) is 0 Å². The van der Waals surface area contributed by atoms with Gasteiger partial charge in [-0.05, 0) is 30.4 Å². The Labute approximate surface area is 110 Å². The van der Waals surface area contributed by atoms with Crippen LogP contribution >= 0.6 is 11.3 Å². The van der Waals surface area contributed by atoms with Crippen molar-refractivity contribution < 1.29 is 9.53 Å². The molecule has 1 aliphatic rings. The summed E-state index contributed by atoms with van der Waals surface area (Å²) in [5.41, 5.74) is 1.94. The minimum atomic E-state index is 0.248. The average molecular weight is 258 g/mol. The lowest BCUT2D eigenvalue weighted by Crippen LogP contribution is -2.12. The molecule has 0 saturated heterocycles. The molecule has 0 saturated carbocycles. The van der Waals surface area contributed by atoms with Crippen LogP contribution in [-0.2, 0) is 13.0 Å². The van der Waals surface area contributed by atoms with E-state index in [0.717, 1.165) is 29.7 Å². The van der Waals surface area contributed by atoms with Crippen molar-refractivity contribution in [3.8, 4) is 5.75 Å². The molecule has 0 radical (unpaired) electrons. The van der Waals surface area contributed by atoms with Crippen LogP contribution in [0.2, 0.25) is 0 Å². The van der Waals surface area contributed by atoms with Crippen LogP contribution in [0.4, 0.5) is 0 Å². The molecule has 3 heteroatoms. The Kier molecular flexibility index (Phi) is 3.15. The maximum absolute atomic E-state index is 11.8. The number of benzene rings is 1. The van der Waals surface area contributed by atoms with Crippen molar-refractivity contribution in [3.05, 3.63) is 51.7 Å². The summed E-state index contributed by atoms with van der Waals surface area (Å²) in [7, 11) is 0. The van der Waals surface area contributed by atoms with Crippen molar-refractivity contribution in [2.45, 2.75) is 25.9 Å². The molecule has 2 nitrogen and oxygen atoms in total. The highest BCUT2D eigenvalue weighted by atomic mass is 32.1. The van der Waals surface area contributed by atoms with Gasteiger partial charge in [-0.2, -0.15) is 0 Å². The van der Waals surface area contributed by atoms with Gasteiger partial charge in [-0.1, -0.05) is 18.2 Å². The summed E-state index contributed by atoms with van der Waals surface area (Å²) < 4.78 is 5.86. The van der Waals surface area contributed by atoms with Gasteiger partial charge in [-0.3, -0.25) is 4.79 Å². The molecular formula is C15H14O2S. The standard InChI is InChI=1S/C15H14O2S/c16-14-7-1-6-13-12(14)5-2-8-15(13)17-10-11-4-3-9-18-11/h2-5,8-9H,1,6-7,10H2. The molecule has 3 rings (SSSR count). The van der Waals surface area contributed by atoms with Gasteiger partial charge in [0.1, 0.15) is 12.4 Å². The molecule has 1 heterocycles. The number of Topliss-reactive ketones (excluding diaryl/α,β-unsaturated/α-hetero) is 1. The third-order valence-electron chi connectivity index (χ3n) is 3.21. The number of thiophene rings is 1. The third kappa shape index (κ3) is 2.18. The monoisotopic (exact) mass is 258 g/mol. The number of ketones is 1. The van der Waals surface area contributed by atoms with Gasteiger partial charge >= 0.3 is 0 Å². The Balaban J connectivity index is 1.84. The lowest BCUT2D eigenvalue weighted by atomic mass is 9.90. The summed E-state index contributed by atoms with van der Waals surface area (Å²) in [4.78, 5) is 13.0. The Morgan fingerprint density at radius 1 is 1.17 bits per heavy atom. The van der Waals surface area contributed by atoms with Crippen LogP contribution in [0.5, 0.6) is 5.75 Å². The molecule has 2 aromatic rings. The first-order valence-corrected chi connectivity index (χ1v) is 7.03. The van der Waals surface area contributed by atoms with E-state index in [0.29, 0.717) is 13.0 Å². The molecule has 0 aliphatic heterocycles. The molecule has 1 aromatic heterocycles. The number of carbonyl (C=O) groups excluding carboxylic acids is 1. The third-order valence-corrected chi connectivity index (χ3v) is 4.06. The predicted octanol–water partition coefficient (Wildman–Crippen LogP) is 3.85. The maximum atomic E-state index is 11.8. The summed E-state index contributed by atoms with van der Waals surface area (Å²) in [5, 5.41) is 2.04. The highest BCUT2D eigenvalue weighted by Crippen LogP contribution is 2.30. The molecule has 1 aliphatic carbocycles. The van der Waals surface area contributed by atoms with Gasteiger partial charge < -0.3 is 4.74 Å². The van der Waals surface area contributed by atoms with Crippen molar-refractivity contribution in [3.63, 3.8) is 0 Å². The van der Waals surface area contributed by atoms with Crippen molar-refractivity contribution in [1.29, 1.82) is 0 Å². The van der Waals surface area contributed by atoms with E-state index in [1.54, 1.807) is 11.3 Å². The quantitative estimate of drug-likeness (QED) is 0.836. The zero-order valence-corrected chi connectivity index (χ0v) is 10.8. The molecule has 0 bridgehead atoms. The Morgan fingerprint density at radius 2 is 2.11 bits per heavy atom. The molecule has 92 valence electrons. The minimum Gasteiger partial charge on any atom is -0.488 e. The predicted molar refractivity (Wildman–Crippen MR) is 72.4 cm³/mol. The lowest BCUT2D eigenvalue weighted by Gasteiger charge is -2.18. The van der Waals surface area contributed by atoms with E-state index >= 15 is 0 Å². The molecular weight excluding hydrogens is 244 g/mol. The van der Waals surface area contributed by atoms with Crippen LogP contribution < -0.4 is 4.74 Å². The van der Waals surface area contributed by atoms with Gasteiger partial charge in [0, 0.05) is 22.4 Å². The second kappa shape index (κ2) is 4.94. The van der Waals surface area contributed by atoms with Crippen LogP contribution in [0.15, 0.2) is 35.7 Å². The summed E-state index contributed by atoms with van der Waals surface area (Å²) in [6.45, 7) is 0.586. The first-order valence-electron chi connectivity index (χ1n) is 6.15. The van der Waals surface area contributed by atoms with E-state index in [2.05, 4.69) is 6.07 Å². The molecule has 0 unspecified atom stereocenters. The number of ether oxygens (including phenoxy) is 1. The molecule has 0 amide bonds.